The Bertz CT molecular complexity index is 233. The highest BCUT2D eigenvalue weighted by Crippen LogP contribution is 2.19. The minimum Gasteiger partial charge on any atom is -0.0840 e. The summed E-state index contributed by atoms with van der Waals surface area (Å²) in [6.07, 6.45) is 0.967. The van der Waals surface area contributed by atoms with Crippen LogP contribution in [0.1, 0.15) is 12.5 Å². The van der Waals surface area contributed by atoms with E-state index in [1.165, 1.54) is 0 Å². The van der Waals surface area contributed by atoms with Crippen molar-refractivity contribution in [3.63, 3.8) is 0 Å². The van der Waals surface area contributed by atoms with Crippen LogP contribution < -0.4 is 0 Å². The summed E-state index contributed by atoms with van der Waals surface area (Å²) in [5, 5.41) is 0.787. The summed E-state index contributed by atoms with van der Waals surface area (Å²) >= 11 is 10.8. The fourth-order valence-corrected chi connectivity index (χ4v) is 1.38. The van der Waals surface area contributed by atoms with Crippen molar-refractivity contribution >= 4 is 24.2 Å². The molecule has 10 heavy (non-hydrogen) atoms. The largest absolute Gasteiger partial charge is 0.0840 e. The van der Waals surface area contributed by atoms with Crippen LogP contribution >= 0.6 is 24.2 Å². The van der Waals surface area contributed by atoms with Gasteiger partial charge < -0.3 is 0 Å². The first-order valence-corrected chi connectivity index (χ1v) is 3.98. The second kappa shape index (κ2) is 3.22. The Labute approximate surface area is 71.6 Å². The van der Waals surface area contributed by atoms with Crippen molar-refractivity contribution in [1.29, 1.82) is 0 Å². The molecule has 0 nitrogen and oxygen atoms in total. The van der Waals surface area contributed by atoms with Gasteiger partial charge in [0.25, 0.3) is 0 Å². The molecule has 1 rings (SSSR count). The molecule has 0 fully saturated rings. The van der Waals surface area contributed by atoms with Crippen molar-refractivity contribution in [2.75, 3.05) is 0 Å². The molecule has 1 aromatic carbocycles. The monoisotopic (exact) mass is 171 g/mol. The van der Waals surface area contributed by atoms with Crippen molar-refractivity contribution in [3.8, 4) is 0 Å². The molecule has 0 spiro atoms. The summed E-state index contributed by atoms with van der Waals surface area (Å²) in [5.74, 6) is 0. The molecule has 0 saturated heterocycles. The normalized spacial score (nSPS) is 9.80. The highest BCUT2D eigenvalue weighted by molar-refractivity contribution is 7.80. The van der Waals surface area contributed by atoms with Crippen LogP contribution in [-0.4, -0.2) is 0 Å². The quantitative estimate of drug-likeness (QED) is 0.607. The van der Waals surface area contributed by atoms with Gasteiger partial charge >= 0.3 is 0 Å². The first-order valence-electron chi connectivity index (χ1n) is 3.19. The predicted octanol–water partition coefficient (Wildman–Crippen LogP) is 3.46. The molecular formula is C8H8ClS. The molecule has 0 amide bonds. The first-order chi connectivity index (χ1) is 4.74. The van der Waals surface area contributed by atoms with Gasteiger partial charge in [-0.2, -0.15) is 0 Å². The fourth-order valence-electron chi connectivity index (χ4n) is 0.815. The van der Waals surface area contributed by atoms with Gasteiger partial charge in [0.2, 0.25) is 0 Å². The molecule has 0 N–H and O–H groups in total. The van der Waals surface area contributed by atoms with Crippen molar-refractivity contribution in [3.05, 3.63) is 28.8 Å². The van der Waals surface area contributed by atoms with Gasteiger partial charge in [-0.05, 0) is 24.1 Å². The number of hydrogen-bond donors (Lipinski definition) is 0. The Kier molecular flexibility index (Phi) is 2.52. The Morgan fingerprint density at radius 3 is 2.70 bits per heavy atom. The van der Waals surface area contributed by atoms with Crippen LogP contribution in [-0.2, 0) is 6.42 Å². The van der Waals surface area contributed by atoms with E-state index in [1.54, 1.807) is 0 Å². The lowest BCUT2D eigenvalue weighted by atomic mass is 10.2. The maximum Gasteiger partial charge on any atom is 0.0452 e. The van der Waals surface area contributed by atoms with Crippen molar-refractivity contribution in [1.82, 2.24) is 0 Å². The summed E-state index contributed by atoms with van der Waals surface area (Å²) in [4.78, 5) is 0.808. The summed E-state index contributed by atoms with van der Waals surface area (Å²) in [6.45, 7) is 2.07. The number of benzene rings is 1. The third kappa shape index (κ3) is 1.61. The molecule has 0 aliphatic rings. The second-order valence-electron chi connectivity index (χ2n) is 2.11. The van der Waals surface area contributed by atoms with Gasteiger partial charge in [-0.15, -0.1) is 0 Å². The van der Waals surface area contributed by atoms with Gasteiger partial charge in [-0.1, -0.05) is 37.2 Å². The fraction of sp³-hybridized carbons (Fsp3) is 0.250. The summed E-state index contributed by atoms with van der Waals surface area (Å²) in [6, 6.07) is 5.69. The average molecular weight is 172 g/mol. The van der Waals surface area contributed by atoms with E-state index in [4.69, 9.17) is 24.2 Å². The van der Waals surface area contributed by atoms with Crippen LogP contribution in [0.15, 0.2) is 23.1 Å². The lowest BCUT2D eigenvalue weighted by molar-refractivity contribution is 1.13. The highest BCUT2D eigenvalue weighted by atomic mass is 35.5. The zero-order valence-corrected chi connectivity index (χ0v) is 7.30. The Morgan fingerprint density at radius 2 is 2.20 bits per heavy atom. The lowest BCUT2D eigenvalue weighted by Crippen LogP contribution is -1.80. The van der Waals surface area contributed by atoms with Crippen LogP contribution in [0.2, 0.25) is 5.02 Å². The second-order valence-corrected chi connectivity index (χ2v) is 2.99. The zero-order chi connectivity index (χ0) is 7.56. The lowest BCUT2D eigenvalue weighted by Gasteiger charge is -1.98. The van der Waals surface area contributed by atoms with E-state index in [2.05, 4.69) is 6.92 Å². The van der Waals surface area contributed by atoms with E-state index in [0.29, 0.717) is 0 Å². The molecule has 0 heterocycles. The first kappa shape index (κ1) is 7.83. The van der Waals surface area contributed by atoms with Crippen LogP contribution in [0.4, 0.5) is 0 Å². The van der Waals surface area contributed by atoms with E-state index in [1.807, 2.05) is 18.2 Å². The predicted molar refractivity (Wildman–Crippen MR) is 46.7 cm³/mol. The molecule has 0 aliphatic heterocycles. The minimum atomic E-state index is 0.787. The molecule has 0 unspecified atom stereocenters. The number of aryl methyl sites for hydroxylation is 1. The van der Waals surface area contributed by atoms with E-state index in [0.717, 1.165) is 21.9 Å². The van der Waals surface area contributed by atoms with Crippen LogP contribution in [0, 0.1) is 0 Å². The molecular weight excluding hydrogens is 164 g/mol. The SMILES string of the molecule is CCc1ccc([S])cc1Cl. The van der Waals surface area contributed by atoms with Gasteiger partial charge in [0.15, 0.2) is 0 Å². The molecule has 1 aromatic rings. The van der Waals surface area contributed by atoms with Crippen LogP contribution in [0.3, 0.4) is 0 Å². The van der Waals surface area contributed by atoms with Gasteiger partial charge in [-0.25, -0.2) is 0 Å². The molecule has 2 heteroatoms. The van der Waals surface area contributed by atoms with Crippen LogP contribution in [0.25, 0.3) is 0 Å². The molecule has 0 saturated carbocycles. The number of halogens is 1. The Hall–Kier alpha value is -0.270. The van der Waals surface area contributed by atoms with Crippen molar-refractivity contribution in [2.45, 2.75) is 18.2 Å². The maximum atomic E-state index is 5.86. The van der Waals surface area contributed by atoms with E-state index in [9.17, 15) is 0 Å². The minimum absolute atomic E-state index is 0.787. The number of rotatable bonds is 1. The third-order valence-electron chi connectivity index (χ3n) is 1.41. The smallest absolute Gasteiger partial charge is 0.0452 e. The van der Waals surface area contributed by atoms with Crippen molar-refractivity contribution < 1.29 is 0 Å². The van der Waals surface area contributed by atoms with E-state index >= 15 is 0 Å². The molecule has 0 aromatic heterocycles. The standard InChI is InChI=1S/C8H8ClS/c1-2-6-3-4-7(10)5-8(6)9/h3-5H,2H2,1H3. The topological polar surface area (TPSA) is 0 Å². The van der Waals surface area contributed by atoms with Gasteiger partial charge in [0, 0.05) is 9.92 Å². The average Bonchev–Trinajstić information content (AvgIpc) is 1.88. The number of hydrogen-bond acceptors (Lipinski definition) is 0. The molecule has 53 valence electrons. The third-order valence-corrected chi connectivity index (χ3v) is 2.01. The molecule has 0 atom stereocenters. The van der Waals surface area contributed by atoms with E-state index in [-0.39, 0.29) is 0 Å². The Balaban J connectivity index is 3.07. The van der Waals surface area contributed by atoms with Crippen LogP contribution in [0.5, 0.6) is 0 Å². The zero-order valence-electron chi connectivity index (χ0n) is 5.73. The molecule has 1 radical (unpaired) electrons. The van der Waals surface area contributed by atoms with Gasteiger partial charge in [-0.3, -0.25) is 0 Å². The van der Waals surface area contributed by atoms with Crippen molar-refractivity contribution in [2.24, 2.45) is 0 Å². The summed E-state index contributed by atoms with van der Waals surface area (Å²) in [5.41, 5.74) is 1.16. The van der Waals surface area contributed by atoms with Gasteiger partial charge in [0.05, 0.1) is 0 Å². The Morgan fingerprint density at radius 1 is 1.50 bits per heavy atom. The van der Waals surface area contributed by atoms with E-state index < -0.39 is 0 Å². The highest BCUT2D eigenvalue weighted by Gasteiger charge is 1.96. The van der Waals surface area contributed by atoms with Gasteiger partial charge in [0.1, 0.15) is 0 Å². The molecule has 0 bridgehead atoms. The summed E-state index contributed by atoms with van der Waals surface area (Å²) in [7, 11) is 0. The summed E-state index contributed by atoms with van der Waals surface area (Å²) < 4.78 is 0. The molecule has 0 aliphatic carbocycles. The maximum absolute atomic E-state index is 5.86.